The van der Waals surface area contributed by atoms with Crippen LogP contribution in [-0.4, -0.2) is 25.4 Å². The molecular formula is C21H26O3S. The second kappa shape index (κ2) is 6.40. The summed E-state index contributed by atoms with van der Waals surface area (Å²) in [7, 11) is -3.39. The predicted octanol–water partition coefficient (Wildman–Crippen LogP) is 4.00. The van der Waals surface area contributed by atoms with Crippen molar-refractivity contribution in [3.05, 3.63) is 54.1 Å². The minimum absolute atomic E-state index is 0.0843. The summed E-state index contributed by atoms with van der Waals surface area (Å²) in [5.74, 6) is 0.0713. The van der Waals surface area contributed by atoms with Crippen molar-refractivity contribution in [3.8, 4) is 0 Å². The van der Waals surface area contributed by atoms with Crippen LogP contribution in [0.2, 0.25) is 0 Å². The Hall–Kier alpha value is -1.39. The fourth-order valence-electron chi connectivity index (χ4n) is 5.16. The van der Waals surface area contributed by atoms with Crippen molar-refractivity contribution in [1.82, 2.24) is 0 Å². The van der Waals surface area contributed by atoms with Gasteiger partial charge in [-0.3, -0.25) is 0 Å². The molecule has 1 saturated carbocycles. The number of rotatable bonds is 1. The third-order valence-corrected chi connectivity index (χ3v) is 8.38. The molecule has 4 heteroatoms. The normalized spacial score (nSPS) is 32.9. The van der Waals surface area contributed by atoms with Gasteiger partial charge in [-0.1, -0.05) is 61.8 Å². The molecule has 1 unspecified atom stereocenters. The van der Waals surface area contributed by atoms with Gasteiger partial charge < -0.3 is 5.11 Å². The molecule has 3 atom stereocenters. The van der Waals surface area contributed by atoms with Crippen LogP contribution >= 0.6 is 0 Å². The SMILES string of the molecule is O=S1(=O)CC2(CCCCC2)[C@@H](O)[C@H](C2C=CC=CC2)c2ccccc21. The van der Waals surface area contributed by atoms with Crippen molar-refractivity contribution in [2.45, 2.75) is 55.4 Å². The molecule has 4 rings (SSSR count). The lowest BCUT2D eigenvalue weighted by atomic mass is 9.64. The minimum Gasteiger partial charge on any atom is -0.392 e. The molecule has 1 spiro atoms. The Morgan fingerprint density at radius 1 is 1.04 bits per heavy atom. The zero-order chi connectivity index (χ0) is 17.5. The van der Waals surface area contributed by atoms with Gasteiger partial charge in [0, 0.05) is 11.3 Å². The second-order valence-corrected chi connectivity index (χ2v) is 9.86. The second-order valence-electron chi connectivity index (χ2n) is 7.90. The summed E-state index contributed by atoms with van der Waals surface area (Å²) in [5, 5.41) is 11.5. The van der Waals surface area contributed by atoms with Gasteiger partial charge in [0.25, 0.3) is 0 Å². The van der Waals surface area contributed by atoms with Crippen molar-refractivity contribution in [3.63, 3.8) is 0 Å². The quantitative estimate of drug-likeness (QED) is 0.825. The van der Waals surface area contributed by atoms with E-state index in [0.717, 1.165) is 44.1 Å². The zero-order valence-electron chi connectivity index (χ0n) is 14.5. The highest BCUT2D eigenvalue weighted by atomic mass is 32.2. The predicted molar refractivity (Wildman–Crippen MR) is 99.1 cm³/mol. The van der Waals surface area contributed by atoms with Gasteiger partial charge in [0.1, 0.15) is 0 Å². The Kier molecular flexibility index (Phi) is 4.37. The highest BCUT2D eigenvalue weighted by Crippen LogP contribution is 2.52. The van der Waals surface area contributed by atoms with Crippen molar-refractivity contribution in [2.75, 3.05) is 5.75 Å². The van der Waals surface area contributed by atoms with E-state index < -0.39 is 21.4 Å². The van der Waals surface area contributed by atoms with Crippen LogP contribution < -0.4 is 0 Å². The van der Waals surface area contributed by atoms with Gasteiger partial charge in [-0.2, -0.15) is 0 Å². The van der Waals surface area contributed by atoms with E-state index in [1.165, 1.54) is 0 Å². The Morgan fingerprint density at radius 3 is 2.52 bits per heavy atom. The summed E-state index contributed by atoms with van der Waals surface area (Å²) >= 11 is 0. The van der Waals surface area contributed by atoms with E-state index in [9.17, 15) is 13.5 Å². The molecule has 0 saturated heterocycles. The molecule has 3 nitrogen and oxygen atoms in total. The Bertz CT molecular complexity index is 800. The van der Waals surface area contributed by atoms with E-state index in [2.05, 4.69) is 12.2 Å². The standard InChI is InChI=1S/C21H26O3S/c22-20-19(16-9-3-1-4-10-16)17-11-5-6-12-18(17)25(23,24)15-21(20)13-7-2-8-14-21/h1,3-6,9,11-12,16,19-20,22H,2,7-8,10,13-15H2/t16?,19-,20+/m1/s1. The average molecular weight is 359 g/mol. The molecule has 1 fully saturated rings. The zero-order valence-corrected chi connectivity index (χ0v) is 15.3. The largest absolute Gasteiger partial charge is 0.392 e. The molecule has 0 amide bonds. The number of hydrogen-bond acceptors (Lipinski definition) is 3. The number of benzene rings is 1. The van der Waals surface area contributed by atoms with E-state index in [1.807, 2.05) is 24.3 Å². The van der Waals surface area contributed by atoms with E-state index in [-0.39, 0.29) is 17.6 Å². The lowest BCUT2D eigenvalue weighted by molar-refractivity contribution is -0.0149. The maximum atomic E-state index is 13.2. The maximum absolute atomic E-state index is 13.2. The molecule has 1 aromatic carbocycles. The molecule has 0 aromatic heterocycles. The van der Waals surface area contributed by atoms with Crippen LogP contribution in [0.3, 0.4) is 0 Å². The van der Waals surface area contributed by atoms with Crippen LogP contribution in [0, 0.1) is 11.3 Å². The summed E-state index contributed by atoms with van der Waals surface area (Å²) < 4.78 is 26.4. The van der Waals surface area contributed by atoms with Gasteiger partial charge in [-0.15, -0.1) is 0 Å². The number of fused-ring (bicyclic) bond motifs is 1. The van der Waals surface area contributed by atoms with Gasteiger partial charge in [0.05, 0.1) is 16.8 Å². The fraction of sp³-hybridized carbons (Fsp3) is 0.524. The van der Waals surface area contributed by atoms with E-state index in [4.69, 9.17) is 0 Å². The van der Waals surface area contributed by atoms with E-state index in [1.54, 1.807) is 12.1 Å². The Balaban J connectivity index is 1.89. The first-order valence-electron chi connectivity index (χ1n) is 9.37. The van der Waals surface area contributed by atoms with Crippen LogP contribution in [0.1, 0.15) is 50.0 Å². The molecule has 2 aliphatic carbocycles. The van der Waals surface area contributed by atoms with Crippen molar-refractivity contribution in [2.24, 2.45) is 11.3 Å². The number of aliphatic hydroxyl groups excluding tert-OH is 1. The topological polar surface area (TPSA) is 54.4 Å². The Labute approximate surface area is 150 Å². The van der Waals surface area contributed by atoms with Crippen LogP contribution in [-0.2, 0) is 9.84 Å². The van der Waals surface area contributed by atoms with Crippen LogP contribution in [0.25, 0.3) is 0 Å². The van der Waals surface area contributed by atoms with E-state index >= 15 is 0 Å². The molecule has 134 valence electrons. The van der Waals surface area contributed by atoms with Gasteiger partial charge in [0.15, 0.2) is 9.84 Å². The summed E-state index contributed by atoms with van der Waals surface area (Å²) in [4.78, 5) is 0.435. The monoisotopic (exact) mass is 358 g/mol. The molecule has 1 aliphatic heterocycles. The molecule has 0 bridgehead atoms. The van der Waals surface area contributed by atoms with Crippen LogP contribution in [0.15, 0.2) is 53.5 Å². The Morgan fingerprint density at radius 2 is 1.80 bits per heavy atom. The minimum atomic E-state index is -3.39. The first-order chi connectivity index (χ1) is 12.0. The maximum Gasteiger partial charge on any atom is 0.179 e. The number of sulfone groups is 1. The third kappa shape index (κ3) is 2.89. The van der Waals surface area contributed by atoms with Gasteiger partial charge in [-0.05, 0) is 36.8 Å². The molecule has 1 N–H and O–H groups in total. The van der Waals surface area contributed by atoms with Gasteiger partial charge in [-0.25, -0.2) is 8.42 Å². The lowest BCUT2D eigenvalue weighted by Gasteiger charge is -2.44. The summed E-state index contributed by atoms with van der Waals surface area (Å²) in [6.07, 6.45) is 13.3. The number of hydrogen-bond donors (Lipinski definition) is 1. The number of allylic oxidation sites excluding steroid dienone is 4. The first-order valence-corrected chi connectivity index (χ1v) is 11.0. The summed E-state index contributed by atoms with van der Waals surface area (Å²) in [6, 6.07) is 7.34. The van der Waals surface area contributed by atoms with Gasteiger partial charge >= 0.3 is 0 Å². The molecule has 25 heavy (non-hydrogen) atoms. The van der Waals surface area contributed by atoms with Crippen molar-refractivity contribution < 1.29 is 13.5 Å². The molecule has 0 radical (unpaired) electrons. The summed E-state index contributed by atoms with van der Waals surface area (Å²) in [5.41, 5.74) is 0.304. The smallest absolute Gasteiger partial charge is 0.179 e. The highest BCUT2D eigenvalue weighted by Gasteiger charge is 2.51. The van der Waals surface area contributed by atoms with Crippen LogP contribution in [0.4, 0.5) is 0 Å². The first kappa shape index (κ1) is 17.0. The summed E-state index contributed by atoms with van der Waals surface area (Å²) in [6.45, 7) is 0. The van der Waals surface area contributed by atoms with Crippen molar-refractivity contribution >= 4 is 9.84 Å². The van der Waals surface area contributed by atoms with Gasteiger partial charge in [0.2, 0.25) is 0 Å². The average Bonchev–Trinajstić information content (AvgIpc) is 2.69. The molecular weight excluding hydrogens is 332 g/mol. The molecule has 1 heterocycles. The fourth-order valence-corrected chi connectivity index (χ4v) is 7.38. The lowest BCUT2D eigenvalue weighted by Crippen LogP contribution is -2.45. The van der Waals surface area contributed by atoms with E-state index in [0.29, 0.717) is 4.90 Å². The van der Waals surface area contributed by atoms with Crippen molar-refractivity contribution in [1.29, 1.82) is 0 Å². The third-order valence-electron chi connectivity index (χ3n) is 6.38. The molecule has 3 aliphatic rings. The number of aliphatic hydroxyl groups is 1. The highest BCUT2D eigenvalue weighted by molar-refractivity contribution is 7.91. The molecule has 1 aromatic rings. The van der Waals surface area contributed by atoms with Crippen LogP contribution in [0.5, 0.6) is 0 Å².